The molecule has 1 atom stereocenters. The molecule has 0 bridgehead atoms. The van der Waals surface area contributed by atoms with Gasteiger partial charge in [-0.25, -0.2) is 0 Å². The minimum atomic E-state index is -0.150. The van der Waals surface area contributed by atoms with E-state index >= 15 is 0 Å². The summed E-state index contributed by atoms with van der Waals surface area (Å²) in [5, 5.41) is 7.52. The monoisotopic (exact) mass is 303 g/mol. The van der Waals surface area contributed by atoms with Crippen molar-refractivity contribution < 1.29 is 9.53 Å². The summed E-state index contributed by atoms with van der Waals surface area (Å²) in [7, 11) is 1.67. The van der Waals surface area contributed by atoms with Gasteiger partial charge in [-0.15, -0.1) is 10.2 Å². The van der Waals surface area contributed by atoms with Gasteiger partial charge in [0.1, 0.15) is 0 Å². The molecule has 2 heterocycles. The van der Waals surface area contributed by atoms with Crippen LogP contribution in [0, 0.1) is 5.92 Å². The number of hydrogen-bond donors (Lipinski definition) is 0. The Labute approximate surface area is 121 Å². The molecule has 1 saturated heterocycles. The number of carbonyl (C=O) groups excluding carboxylic acids is 1. The van der Waals surface area contributed by atoms with E-state index in [-0.39, 0.29) is 16.2 Å². The van der Waals surface area contributed by atoms with Crippen LogP contribution in [0.1, 0.15) is 23.2 Å². The van der Waals surface area contributed by atoms with E-state index in [1.54, 1.807) is 12.0 Å². The molecule has 0 spiro atoms. The SMILES string of the molecule is COCC1CCCN(C(=O)c2cc(Cl)nnc2Cl)C1. The molecular formula is C12H15Cl2N3O2. The van der Waals surface area contributed by atoms with Gasteiger partial charge in [0.05, 0.1) is 12.2 Å². The van der Waals surface area contributed by atoms with Crippen LogP contribution in [0.4, 0.5) is 0 Å². The molecule has 2 rings (SSSR count). The molecular weight excluding hydrogens is 289 g/mol. The van der Waals surface area contributed by atoms with Crippen molar-refractivity contribution in [2.45, 2.75) is 12.8 Å². The largest absolute Gasteiger partial charge is 0.384 e. The Morgan fingerprint density at radius 2 is 2.32 bits per heavy atom. The maximum absolute atomic E-state index is 12.4. The zero-order valence-electron chi connectivity index (χ0n) is 10.6. The van der Waals surface area contributed by atoms with E-state index in [2.05, 4.69) is 10.2 Å². The summed E-state index contributed by atoms with van der Waals surface area (Å²) in [6.07, 6.45) is 2.03. The van der Waals surface area contributed by atoms with Crippen molar-refractivity contribution in [1.82, 2.24) is 15.1 Å². The van der Waals surface area contributed by atoms with Crippen LogP contribution in [-0.4, -0.2) is 47.8 Å². The van der Waals surface area contributed by atoms with Crippen LogP contribution in [0.2, 0.25) is 10.3 Å². The van der Waals surface area contributed by atoms with Crippen LogP contribution in [0.25, 0.3) is 0 Å². The van der Waals surface area contributed by atoms with Crippen LogP contribution in [-0.2, 0) is 4.74 Å². The Hall–Kier alpha value is -0.910. The maximum atomic E-state index is 12.4. The van der Waals surface area contributed by atoms with Crippen molar-refractivity contribution in [3.8, 4) is 0 Å². The summed E-state index contributed by atoms with van der Waals surface area (Å²) in [5.74, 6) is 0.217. The number of aromatic nitrogens is 2. The third-order valence-electron chi connectivity index (χ3n) is 3.16. The molecule has 1 aliphatic rings. The van der Waals surface area contributed by atoms with Gasteiger partial charge < -0.3 is 9.64 Å². The molecule has 5 nitrogen and oxygen atoms in total. The molecule has 104 valence electrons. The van der Waals surface area contributed by atoms with Crippen molar-refractivity contribution in [3.05, 3.63) is 21.9 Å². The highest BCUT2D eigenvalue weighted by atomic mass is 35.5. The summed E-state index contributed by atoms with van der Waals surface area (Å²) in [6.45, 7) is 2.05. The molecule has 0 saturated carbocycles. The fourth-order valence-electron chi connectivity index (χ4n) is 2.29. The standard InChI is InChI=1S/C12H15Cl2N3O2/c1-19-7-8-3-2-4-17(6-8)12(18)9-5-10(13)15-16-11(9)14/h5,8H,2-4,6-7H2,1H3. The smallest absolute Gasteiger partial charge is 0.257 e. The molecule has 0 aromatic carbocycles. The van der Waals surface area contributed by atoms with E-state index in [1.807, 2.05) is 0 Å². The highest BCUT2D eigenvalue weighted by Crippen LogP contribution is 2.22. The second kappa shape index (κ2) is 6.50. The molecule has 0 N–H and O–H groups in total. The molecule has 7 heteroatoms. The number of carbonyl (C=O) groups is 1. The van der Waals surface area contributed by atoms with E-state index in [0.717, 1.165) is 19.4 Å². The average molecular weight is 304 g/mol. The summed E-state index contributed by atoms with van der Waals surface area (Å²) in [5.41, 5.74) is 0.305. The first-order valence-electron chi connectivity index (χ1n) is 6.08. The first kappa shape index (κ1) is 14.5. The molecule has 19 heavy (non-hydrogen) atoms. The lowest BCUT2D eigenvalue weighted by molar-refractivity contribution is 0.0570. The molecule has 1 aromatic rings. The molecule has 0 radical (unpaired) electrons. The van der Waals surface area contributed by atoms with Gasteiger partial charge in [-0.1, -0.05) is 23.2 Å². The van der Waals surface area contributed by atoms with Crippen molar-refractivity contribution in [2.75, 3.05) is 26.8 Å². The first-order chi connectivity index (χ1) is 9.11. The predicted octanol–water partition coefficient (Wildman–Crippen LogP) is 2.28. The molecule has 1 amide bonds. The molecule has 0 aliphatic carbocycles. The van der Waals surface area contributed by atoms with E-state index in [9.17, 15) is 4.79 Å². The van der Waals surface area contributed by atoms with Gasteiger partial charge in [0.15, 0.2) is 10.3 Å². The number of hydrogen-bond acceptors (Lipinski definition) is 4. The van der Waals surface area contributed by atoms with E-state index in [1.165, 1.54) is 6.07 Å². The quantitative estimate of drug-likeness (QED) is 0.859. The summed E-state index contributed by atoms with van der Waals surface area (Å²) in [4.78, 5) is 14.2. The Kier molecular flexibility index (Phi) is 4.96. The van der Waals surface area contributed by atoms with Crippen LogP contribution >= 0.6 is 23.2 Å². The van der Waals surface area contributed by atoms with Crippen molar-refractivity contribution in [1.29, 1.82) is 0 Å². The third kappa shape index (κ3) is 3.55. The molecule has 1 unspecified atom stereocenters. The van der Waals surface area contributed by atoms with Gasteiger partial charge in [0.2, 0.25) is 0 Å². The van der Waals surface area contributed by atoms with Gasteiger partial charge in [0, 0.05) is 20.2 Å². The fourth-order valence-corrected chi connectivity index (χ4v) is 2.61. The van der Waals surface area contributed by atoms with Crippen molar-refractivity contribution in [3.63, 3.8) is 0 Å². The number of halogens is 2. The molecule has 1 fully saturated rings. The summed E-state index contributed by atoms with van der Waals surface area (Å²) < 4.78 is 5.15. The lowest BCUT2D eigenvalue weighted by Crippen LogP contribution is -2.41. The number of likely N-dealkylation sites (tertiary alicyclic amines) is 1. The van der Waals surface area contributed by atoms with Gasteiger partial charge in [0.25, 0.3) is 5.91 Å². The number of methoxy groups -OCH3 is 1. The predicted molar refractivity (Wildman–Crippen MR) is 72.6 cm³/mol. The number of amides is 1. The van der Waals surface area contributed by atoms with Gasteiger partial charge in [-0.2, -0.15) is 0 Å². The number of piperidine rings is 1. The Morgan fingerprint density at radius 3 is 3.05 bits per heavy atom. The lowest BCUT2D eigenvalue weighted by atomic mass is 9.98. The Bertz CT molecular complexity index is 468. The highest BCUT2D eigenvalue weighted by Gasteiger charge is 2.26. The van der Waals surface area contributed by atoms with Gasteiger partial charge in [-0.3, -0.25) is 4.79 Å². The second-order valence-electron chi connectivity index (χ2n) is 4.59. The Balaban J connectivity index is 2.12. The summed E-state index contributed by atoms with van der Waals surface area (Å²) in [6, 6.07) is 1.46. The number of ether oxygens (including phenoxy) is 1. The van der Waals surface area contributed by atoms with Crippen molar-refractivity contribution >= 4 is 29.1 Å². The Morgan fingerprint density at radius 1 is 1.53 bits per heavy atom. The van der Waals surface area contributed by atoms with Crippen LogP contribution in [0.3, 0.4) is 0 Å². The fraction of sp³-hybridized carbons (Fsp3) is 0.583. The summed E-state index contributed by atoms with van der Waals surface area (Å²) >= 11 is 11.7. The van der Waals surface area contributed by atoms with Crippen LogP contribution in [0.15, 0.2) is 6.07 Å². The number of rotatable bonds is 3. The lowest BCUT2D eigenvalue weighted by Gasteiger charge is -2.32. The zero-order chi connectivity index (χ0) is 13.8. The second-order valence-corrected chi connectivity index (χ2v) is 5.33. The van der Waals surface area contributed by atoms with Gasteiger partial charge >= 0.3 is 0 Å². The van der Waals surface area contributed by atoms with Gasteiger partial charge in [-0.05, 0) is 24.8 Å². The minimum Gasteiger partial charge on any atom is -0.384 e. The minimum absolute atomic E-state index is 0.0864. The highest BCUT2D eigenvalue weighted by molar-refractivity contribution is 6.34. The van der Waals surface area contributed by atoms with E-state index in [4.69, 9.17) is 27.9 Å². The third-order valence-corrected chi connectivity index (χ3v) is 3.62. The zero-order valence-corrected chi connectivity index (χ0v) is 12.1. The number of nitrogens with zero attached hydrogens (tertiary/aromatic N) is 3. The first-order valence-corrected chi connectivity index (χ1v) is 6.84. The normalized spacial score (nSPS) is 19.5. The molecule has 1 aliphatic heterocycles. The van der Waals surface area contributed by atoms with E-state index in [0.29, 0.717) is 24.6 Å². The average Bonchev–Trinajstić information content (AvgIpc) is 2.41. The van der Waals surface area contributed by atoms with Crippen molar-refractivity contribution in [2.24, 2.45) is 5.92 Å². The molecule has 1 aromatic heterocycles. The maximum Gasteiger partial charge on any atom is 0.257 e. The topological polar surface area (TPSA) is 55.3 Å². The van der Waals surface area contributed by atoms with E-state index < -0.39 is 0 Å². The van der Waals surface area contributed by atoms with Crippen LogP contribution in [0.5, 0.6) is 0 Å². The van der Waals surface area contributed by atoms with Crippen LogP contribution < -0.4 is 0 Å².